The van der Waals surface area contributed by atoms with Crippen LogP contribution in [0.2, 0.25) is 0 Å². The smallest absolute Gasteiger partial charge is 0.315 e. The third kappa shape index (κ3) is 3.20. The normalized spacial score (nSPS) is 26.4. The Kier molecular flexibility index (Phi) is 4.73. The molecule has 0 radical (unpaired) electrons. The molecule has 3 unspecified atom stereocenters. The second-order valence-electron chi connectivity index (χ2n) is 4.44. The summed E-state index contributed by atoms with van der Waals surface area (Å²) in [5.74, 6) is -2.02. The zero-order valence-electron chi connectivity index (χ0n) is 9.48. The van der Waals surface area contributed by atoms with Gasteiger partial charge < -0.3 is 15.5 Å². The highest BCUT2D eigenvalue weighted by molar-refractivity contribution is 5.96. The Morgan fingerprint density at radius 1 is 1.38 bits per heavy atom. The minimum Gasteiger partial charge on any atom is -0.481 e. The molecule has 3 N–H and O–H groups in total. The molecule has 0 saturated heterocycles. The summed E-state index contributed by atoms with van der Waals surface area (Å²) >= 11 is 0. The summed E-state index contributed by atoms with van der Waals surface area (Å²) in [7, 11) is 0. The van der Waals surface area contributed by atoms with Gasteiger partial charge in [-0.3, -0.25) is 9.59 Å². The van der Waals surface area contributed by atoms with Crippen molar-refractivity contribution in [2.75, 3.05) is 13.2 Å². The van der Waals surface area contributed by atoms with Crippen LogP contribution in [0.4, 0.5) is 0 Å². The largest absolute Gasteiger partial charge is 0.481 e. The number of amides is 1. The predicted molar refractivity (Wildman–Crippen MR) is 57.7 cm³/mol. The lowest BCUT2D eigenvalue weighted by Gasteiger charge is -2.18. The van der Waals surface area contributed by atoms with E-state index < -0.39 is 17.8 Å². The van der Waals surface area contributed by atoms with Gasteiger partial charge in [-0.25, -0.2) is 0 Å². The zero-order chi connectivity index (χ0) is 12.1. The van der Waals surface area contributed by atoms with Gasteiger partial charge in [-0.15, -0.1) is 0 Å². The van der Waals surface area contributed by atoms with Crippen molar-refractivity contribution in [2.24, 2.45) is 17.8 Å². The summed E-state index contributed by atoms with van der Waals surface area (Å²) < 4.78 is 0. The van der Waals surface area contributed by atoms with E-state index in [9.17, 15) is 9.59 Å². The van der Waals surface area contributed by atoms with E-state index in [0.29, 0.717) is 6.54 Å². The number of nitrogens with one attached hydrogen (secondary N) is 1. The minimum absolute atomic E-state index is 0.148. The van der Waals surface area contributed by atoms with Crippen LogP contribution in [0.15, 0.2) is 0 Å². The maximum Gasteiger partial charge on any atom is 0.315 e. The Bertz CT molecular complexity index is 267. The average molecular weight is 229 g/mol. The van der Waals surface area contributed by atoms with Crippen molar-refractivity contribution in [3.05, 3.63) is 0 Å². The number of carbonyl (C=O) groups excluding carboxylic acids is 1. The maximum absolute atomic E-state index is 11.4. The molecule has 0 bridgehead atoms. The molecule has 5 heteroatoms. The molecular weight excluding hydrogens is 210 g/mol. The van der Waals surface area contributed by atoms with Crippen molar-refractivity contribution in [3.8, 4) is 0 Å². The first-order valence-electron chi connectivity index (χ1n) is 5.67. The topological polar surface area (TPSA) is 86.6 Å². The molecule has 0 heterocycles. The second-order valence-corrected chi connectivity index (χ2v) is 4.44. The molecule has 1 aliphatic carbocycles. The minimum atomic E-state index is -1.11. The highest BCUT2D eigenvalue weighted by Gasteiger charge is 2.28. The molecule has 3 atom stereocenters. The number of carboxylic acid groups (broad SMARTS) is 1. The van der Waals surface area contributed by atoms with Crippen LogP contribution in [-0.4, -0.2) is 35.2 Å². The molecule has 1 amide bonds. The molecule has 1 saturated carbocycles. The van der Waals surface area contributed by atoms with Crippen LogP contribution < -0.4 is 5.32 Å². The lowest BCUT2D eigenvalue weighted by molar-refractivity contribution is -0.146. The quantitative estimate of drug-likeness (QED) is 0.589. The van der Waals surface area contributed by atoms with E-state index >= 15 is 0 Å². The molecule has 0 aromatic heterocycles. The SMILES string of the molecule is CC(C(=O)O)C(=O)NCC1CCCC1CO. The van der Waals surface area contributed by atoms with E-state index in [-0.39, 0.29) is 18.4 Å². The molecule has 1 aliphatic rings. The molecule has 1 fully saturated rings. The molecule has 92 valence electrons. The van der Waals surface area contributed by atoms with Gasteiger partial charge in [0.15, 0.2) is 0 Å². The fourth-order valence-electron chi connectivity index (χ4n) is 2.12. The molecule has 0 aliphatic heterocycles. The van der Waals surface area contributed by atoms with E-state index in [1.54, 1.807) is 0 Å². The fourth-order valence-corrected chi connectivity index (χ4v) is 2.12. The number of hydrogen-bond donors (Lipinski definition) is 3. The summed E-state index contributed by atoms with van der Waals surface area (Å²) in [5, 5.41) is 20.4. The molecular formula is C11H19NO4. The van der Waals surface area contributed by atoms with Crippen molar-refractivity contribution in [3.63, 3.8) is 0 Å². The summed E-state index contributed by atoms with van der Waals surface area (Å²) in [6.07, 6.45) is 3.05. The number of aliphatic hydroxyl groups excluding tert-OH is 1. The van der Waals surface area contributed by atoms with Crippen LogP contribution in [0, 0.1) is 17.8 Å². The molecule has 1 rings (SSSR count). The van der Waals surface area contributed by atoms with Crippen LogP contribution in [0.5, 0.6) is 0 Å². The van der Waals surface area contributed by atoms with Gasteiger partial charge in [0.1, 0.15) is 5.92 Å². The van der Waals surface area contributed by atoms with Crippen LogP contribution in [0.25, 0.3) is 0 Å². The third-order valence-electron chi connectivity index (χ3n) is 3.35. The lowest BCUT2D eigenvalue weighted by Crippen LogP contribution is -2.37. The molecule has 16 heavy (non-hydrogen) atoms. The van der Waals surface area contributed by atoms with Crippen molar-refractivity contribution in [1.82, 2.24) is 5.32 Å². The number of hydrogen-bond acceptors (Lipinski definition) is 3. The number of carbonyl (C=O) groups is 2. The number of rotatable bonds is 5. The van der Waals surface area contributed by atoms with Crippen LogP contribution in [0.3, 0.4) is 0 Å². The number of carboxylic acids is 1. The van der Waals surface area contributed by atoms with Gasteiger partial charge in [0, 0.05) is 13.2 Å². The van der Waals surface area contributed by atoms with Gasteiger partial charge in [-0.2, -0.15) is 0 Å². The Morgan fingerprint density at radius 3 is 2.56 bits per heavy atom. The monoisotopic (exact) mass is 229 g/mol. The first kappa shape index (κ1) is 13.0. The van der Waals surface area contributed by atoms with Crippen LogP contribution in [-0.2, 0) is 9.59 Å². The van der Waals surface area contributed by atoms with E-state index in [0.717, 1.165) is 19.3 Å². The maximum atomic E-state index is 11.4. The molecule has 0 aromatic rings. The van der Waals surface area contributed by atoms with Crippen molar-refractivity contribution >= 4 is 11.9 Å². The van der Waals surface area contributed by atoms with Crippen LogP contribution in [0.1, 0.15) is 26.2 Å². The Balaban J connectivity index is 2.34. The summed E-state index contributed by atoms with van der Waals surface area (Å²) in [6.45, 7) is 1.99. The van der Waals surface area contributed by atoms with E-state index in [2.05, 4.69) is 5.32 Å². The van der Waals surface area contributed by atoms with Crippen LogP contribution >= 0.6 is 0 Å². The van der Waals surface area contributed by atoms with Gasteiger partial charge in [-0.05, 0) is 31.6 Å². The summed E-state index contributed by atoms with van der Waals surface area (Å²) in [5.41, 5.74) is 0. The first-order chi connectivity index (χ1) is 7.56. The predicted octanol–water partition coefficient (Wildman–Crippen LogP) is 0.232. The highest BCUT2D eigenvalue weighted by atomic mass is 16.4. The summed E-state index contributed by atoms with van der Waals surface area (Å²) in [4.78, 5) is 21.9. The van der Waals surface area contributed by atoms with Crippen molar-refractivity contribution in [2.45, 2.75) is 26.2 Å². The Hall–Kier alpha value is -1.10. The summed E-state index contributed by atoms with van der Waals surface area (Å²) in [6, 6.07) is 0. The van der Waals surface area contributed by atoms with Gasteiger partial charge in [0.25, 0.3) is 0 Å². The number of aliphatic carboxylic acids is 1. The lowest BCUT2D eigenvalue weighted by atomic mass is 9.97. The standard InChI is InChI=1S/C11H19NO4/c1-7(11(15)16)10(14)12-5-8-3-2-4-9(8)6-13/h7-9,13H,2-6H2,1H3,(H,12,14)(H,15,16). The average Bonchev–Trinajstić information content (AvgIpc) is 2.71. The van der Waals surface area contributed by atoms with E-state index in [4.69, 9.17) is 10.2 Å². The Labute approximate surface area is 94.8 Å². The van der Waals surface area contributed by atoms with Gasteiger partial charge in [0.2, 0.25) is 5.91 Å². The van der Waals surface area contributed by atoms with Gasteiger partial charge in [-0.1, -0.05) is 6.42 Å². The van der Waals surface area contributed by atoms with E-state index in [1.807, 2.05) is 0 Å². The fraction of sp³-hybridized carbons (Fsp3) is 0.818. The molecule has 5 nitrogen and oxygen atoms in total. The third-order valence-corrected chi connectivity index (χ3v) is 3.35. The molecule has 0 aromatic carbocycles. The van der Waals surface area contributed by atoms with Crippen molar-refractivity contribution < 1.29 is 19.8 Å². The van der Waals surface area contributed by atoms with Gasteiger partial charge >= 0.3 is 5.97 Å². The highest BCUT2D eigenvalue weighted by Crippen LogP contribution is 2.30. The van der Waals surface area contributed by atoms with Gasteiger partial charge in [0.05, 0.1) is 0 Å². The van der Waals surface area contributed by atoms with E-state index in [1.165, 1.54) is 6.92 Å². The zero-order valence-corrected chi connectivity index (χ0v) is 9.48. The number of aliphatic hydroxyl groups is 1. The first-order valence-corrected chi connectivity index (χ1v) is 5.67. The molecule has 0 spiro atoms. The van der Waals surface area contributed by atoms with Crippen molar-refractivity contribution in [1.29, 1.82) is 0 Å². The second kappa shape index (κ2) is 5.84. The Morgan fingerprint density at radius 2 is 2.00 bits per heavy atom.